The molecule has 11 aromatic rings. The standard InChI is InChI=1S/C48H28N4/c1-2-12-34(13-3-1)51-44-19-17-32(23-39(44)40-21-29-9-4-5-10-30(29)24-46(40)51)31-18-20-45-38(22-31)35-14-6-7-16-43(35)52(45)47-25-37-36-15-8-11-33-26-49-27-42(48(33)36)41(37)28-50-47/h1-28H. The summed E-state index contributed by atoms with van der Waals surface area (Å²) in [5, 5.41) is 9.84. The molecule has 0 aliphatic heterocycles. The van der Waals surface area contributed by atoms with Crippen LogP contribution in [0.25, 0.3) is 110 Å². The Bertz CT molecular complexity index is 3290. The van der Waals surface area contributed by atoms with Gasteiger partial charge in [-0.15, -0.1) is 0 Å². The summed E-state index contributed by atoms with van der Waals surface area (Å²) in [6.07, 6.45) is 5.95. The summed E-state index contributed by atoms with van der Waals surface area (Å²) < 4.78 is 4.72. The van der Waals surface area contributed by atoms with Crippen molar-refractivity contribution in [2.75, 3.05) is 0 Å². The molecule has 1 aliphatic rings. The lowest BCUT2D eigenvalue weighted by molar-refractivity contribution is 1.08. The number of fused-ring (bicyclic) bond motifs is 10. The molecule has 4 heterocycles. The third-order valence-corrected chi connectivity index (χ3v) is 11.1. The van der Waals surface area contributed by atoms with E-state index in [1.165, 1.54) is 71.0 Å². The highest BCUT2D eigenvalue weighted by molar-refractivity contribution is 6.17. The molecular weight excluding hydrogens is 633 g/mol. The molecular formula is C48H28N4. The molecule has 0 fully saturated rings. The summed E-state index contributed by atoms with van der Waals surface area (Å²) in [6.45, 7) is 0. The Kier molecular flexibility index (Phi) is 5.47. The maximum absolute atomic E-state index is 5.09. The zero-order valence-electron chi connectivity index (χ0n) is 28.0. The molecule has 0 saturated carbocycles. The number of rotatable bonds is 3. The highest BCUT2D eigenvalue weighted by Gasteiger charge is 2.24. The first-order valence-corrected chi connectivity index (χ1v) is 17.7. The normalized spacial score (nSPS) is 12.2. The molecule has 12 rings (SSSR count). The molecule has 0 unspecified atom stereocenters. The van der Waals surface area contributed by atoms with Crippen molar-refractivity contribution in [3.8, 4) is 44.9 Å². The molecule has 0 radical (unpaired) electrons. The van der Waals surface area contributed by atoms with Crippen LogP contribution in [0.4, 0.5) is 0 Å². The van der Waals surface area contributed by atoms with Gasteiger partial charge in [-0.25, -0.2) is 4.98 Å². The number of aromatic nitrogens is 4. The van der Waals surface area contributed by atoms with E-state index in [1.807, 2.05) is 18.6 Å². The summed E-state index contributed by atoms with van der Waals surface area (Å²) in [6, 6.07) is 55.3. The Labute approximate surface area is 298 Å². The molecule has 0 saturated heterocycles. The van der Waals surface area contributed by atoms with E-state index in [0.29, 0.717) is 0 Å². The molecule has 1 aliphatic carbocycles. The average Bonchev–Trinajstić information content (AvgIpc) is 3.83. The Morgan fingerprint density at radius 3 is 1.88 bits per heavy atom. The Morgan fingerprint density at radius 2 is 1.04 bits per heavy atom. The first-order valence-electron chi connectivity index (χ1n) is 17.7. The van der Waals surface area contributed by atoms with Crippen LogP contribution in [0.3, 0.4) is 0 Å². The summed E-state index contributed by atoms with van der Waals surface area (Å²) in [5.74, 6) is 0.915. The van der Waals surface area contributed by atoms with Gasteiger partial charge < -0.3 is 4.57 Å². The van der Waals surface area contributed by atoms with Crippen molar-refractivity contribution >= 4 is 65.2 Å². The van der Waals surface area contributed by atoms with Crippen molar-refractivity contribution < 1.29 is 0 Å². The van der Waals surface area contributed by atoms with Crippen LogP contribution >= 0.6 is 0 Å². The van der Waals surface area contributed by atoms with Gasteiger partial charge in [0.15, 0.2) is 0 Å². The minimum Gasteiger partial charge on any atom is -0.309 e. The fourth-order valence-electron chi connectivity index (χ4n) is 8.81. The minimum absolute atomic E-state index is 0.915. The van der Waals surface area contributed by atoms with Crippen molar-refractivity contribution in [2.45, 2.75) is 0 Å². The summed E-state index contributed by atoms with van der Waals surface area (Å²) >= 11 is 0. The van der Waals surface area contributed by atoms with Crippen molar-refractivity contribution in [1.29, 1.82) is 0 Å². The second-order valence-electron chi connectivity index (χ2n) is 13.9. The predicted octanol–water partition coefficient (Wildman–Crippen LogP) is 12.3. The van der Waals surface area contributed by atoms with Crippen molar-refractivity contribution in [3.05, 3.63) is 170 Å². The maximum atomic E-state index is 5.09. The number of para-hydroxylation sites is 2. The van der Waals surface area contributed by atoms with Crippen LogP contribution in [0.5, 0.6) is 0 Å². The van der Waals surface area contributed by atoms with E-state index >= 15 is 0 Å². The van der Waals surface area contributed by atoms with E-state index in [4.69, 9.17) is 4.98 Å². The SMILES string of the molecule is c1ccc(-n2c3ccc(-c4ccc5c(c4)c4ccccc4n5-c4cc5c(cn4)-c4cncc6cccc-5c46)cc3c3cc4ccccc4cc32)cc1. The van der Waals surface area contributed by atoms with Gasteiger partial charge in [-0.2, -0.15) is 0 Å². The van der Waals surface area contributed by atoms with Crippen LogP contribution in [-0.4, -0.2) is 19.1 Å². The molecule has 0 atom stereocenters. The van der Waals surface area contributed by atoms with E-state index in [-0.39, 0.29) is 0 Å². The molecule has 0 bridgehead atoms. The van der Waals surface area contributed by atoms with Gasteiger partial charge in [0.2, 0.25) is 0 Å². The second-order valence-corrected chi connectivity index (χ2v) is 13.9. The molecule has 4 aromatic heterocycles. The molecule has 0 amide bonds. The van der Waals surface area contributed by atoms with Crippen LogP contribution in [0.1, 0.15) is 0 Å². The average molecular weight is 661 g/mol. The molecule has 4 nitrogen and oxygen atoms in total. The Hall–Kier alpha value is -7.04. The molecule has 7 aromatic carbocycles. The highest BCUT2D eigenvalue weighted by atomic mass is 15.1. The van der Waals surface area contributed by atoms with E-state index in [2.05, 4.69) is 166 Å². The number of hydrogen-bond acceptors (Lipinski definition) is 2. The van der Waals surface area contributed by atoms with Gasteiger partial charge in [-0.3, -0.25) is 9.55 Å². The van der Waals surface area contributed by atoms with Gasteiger partial charge in [0, 0.05) is 67.7 Å². The maximum Gasteiger partial charge on any atom is 0.138 e. The van der Waals surface area contributed by atoms with Gasteiger partial charge in [-0.05, 0) is 93.7 Å². The monoisotopic (exact) mass is 660 g/mol. The lowest BCUT2D eigenvalue weighted by Gasteiger charge is -2.10. The van der Waals surface area contributed by atoms with Crippen LogP contribution in [0, 0.1) is 0 Å². The lowest BCUT2D eigenvalue weighted by atomic mass is 10.00. The first kappa shape index (κ1) is 27.7. The number of benzene rings is 7. The number of nitrogens with zero attached hydrogens (tertiary/aromatic N) is 4. The number of pyridine rings is 2. The third-order valence-electron chi connectivity index (χ3n) is 11.1. The van der Waals surface area contributed by atoms with Gasteiger partial charge in [0.05, 0.1) is 22.1 Å². The Balaban J connectivity index is 1.05. The third kappa shape index (κ3) is 3.75. The van der Waals surface area contributed by atoms with Gasteiger partial charge in [0.1, 0.15) is 5.82 Å². The number of hydrogen-bond donors (Lipinski definition) is 0. The van der Waals surface area contributed by atoms with Crippen LogP contribution in [0.15, 0.2) is 170 Å². The van der Waals surface area contributed by atoms with Crippen molar-refractivity contribution in [2.24, 2.45) is 0 Å². The zero-order chi connectivity index (χ0) is 33.9. The largest absolute Gasteiger partial charge is 0.309 e. The Morgan fingerprint density at radius 1 is 0.365 bits per heavy atom. The predicted molar refractivity (Wildman–Crippen MR) is 216 cm³/mol. The van der Waals surface area contributed by atoms with E-state index in [9.17, 15) is 0 Å². The van der Waals surface area contributed by atoms with Crippen LogP contribution in [0.2, 0.25) is 0 Å². The topological polar surface area (TPSA) is 35.6 Å². The summed E-state index contributed by atoms with van der Waals surface area (Å²) in [7, 11) is 0. The summed E-state index contributed by atoms with van der Waals surface area (Å²) in [5.41, 5.74) is 13.0. The lowest BCUT2D eigenvalue weighted by Crippen LogP contribution is -1.98. The molecule has 52 heavy (non-hydrogen) atoms. The molecule has 0 spiro atoms. The van der Waals surface area contributed by atoms with Crippen LogP contribution in [-0.2, 0) is 0 Å². The van der Waals surface area contributed by atoms with Gasteiger partial charge in [0.25, 0.3) is 0 Å². The van der Waals surface area contributed by atoms with Crippen LogP contribution < -0.4 is 0 Å². The molecule has 0 N–H and O–H groups in total. The zero-order valence-corrected chi connectivity index (χ0v) is 28.0. The molecule has 4 heteroatoms. The van der Waals surface area contributed by atoms with E-state index in [0.717, 1.165) is 39.1 Å². The van der Waals surface area contributed by atoms with Crippen molar-refractivity contribution in [1.82, 2.24) is 19.1 Å². The molecule has 240 valence electrons. The minimum atomic E-state index is 0.915. The quantitative estimate of drug-likeness (QED) is 0.189. The highest BCUT2D eigenvalue weighted by Crippen LogP contribution is 2.47. The smallest absolute Gasteiger partial charge is 0.138 e. The van der Waals surface area contributed by atoms with Gasteiger partial charge >= 0.3 is 0 Å². The fourth-order valence-corrected chi connectivity index (χ4v) is 8.81. The first-order chi connectivity index (χ1) is 25.8. The van der Waals surface area contributed by atoms with E-state index < -0.39 is 0 Å². The van der Waals surface area contributed by atoms with Gasteiger partial charge in [-0.1, -0.05) is 91.0 Å². The second kappa shape index (κ2) is 10.3. The van der Waals surface area contributed by atoms with E-state index in [1.54, 1.807) is 0 Å². The summed E-state index contributed by atoms with van der Waals surface area (Å²) in [4.78, 5) is 9.62. The van der Waals surface area contributed by atoms with Crippen molar-refractivity contribution in [3.63, 3.8) is 0 Å². The fraction of sp³-hybridized carbons (Fsp3) is 0.